The van der Waals surface area contributed by atoms with E-state index in [-0.39, 0.29) is 29.1 Å². The van der Waals surface area contributed by atoms with E-state index in [1.165, 1.54) is 6.20 Å². The van der Waals surface area contributed by atoms with Crippen LogP contribution in [0.4, 0.5) is 5.69 Å². The Bertz CT molecular complexity index is 562. The lowest BCUT2D eigenvalue weighted by atomic mass is 10.4. The fourth-order valence-corrected chi connectivity index (χ4v) is 3.22. The Hall–Kier alpha value is -1.18. The van der Waals surface area contributed by atoms with Gasteiger partial charge in [0.25, 0.3) is 0 Å². The number of rotatable bonds is 3. The number of sulfone groups is 1. The van der Waals surface area contributed by atoms with Gasteiger partial charge in [-0.2, -0.15) is 0 Å². The minimum absolute atomic E-state index is 0.105. The highest BCUT2D eigenvalue weighted by Crippen LogP contribution is 2.17. The predicted octanol–water partition coefficient (Wildman–Crippen LogP) is 0.404. The van der Waals surface area contributed by atoms with E-state index in [1.54, 1.807) is 17.0 Å². The zero-order valence-electron chi connectivity index (χ0n) is 10.2. The molecule has 0 atom stereocenters. The monoisotopic (exact) mass is 303 g/mol. The third-order valence-electron chi connectivity index (χ3n) is 2.84. The Morgan fingerprint density at radius 2 is 2.11 bits per heavy atom. The Morgan fingerprint density at radius 1 is 1.42 bits per heavy atom. The van der Waals surface area contributed by atoms with E-state index in [4.69, 9.17) is 11.6 Å². The van der Waals surface area contributed by atoms with E-state index in [1.807, 2.05) is 0 Å². The summed E-state index contributed by atoms with van der Waals surface area (Å²) in [4.78, 5) is 17.5. The maximum atomic E-state index is 11.8. The first-order chi connectivity index (χ1) is 8.96. The molecule has 1 N–H and O–H groups in total. The lowest BCUT2D eigenvalue weighted by Gasteiger charge is -2.25. The molecule has 1 aliphatic heterocycles. The number of halogens is 1. The molecule has 1 fully saturated rings. The molecule has 2 heterocycles. The molecule has 0 spiro atoms. The normalized spacial score (nSPS) is 19.0. The van der Waals surface area contributed by atoms with Crippen LogP contribution < -0.4 is 5.32 Å². The van der Waals surface area contributed by atoms with E-state index in [2.05, 4.69) is 10.3 Å². The fraction of sp³-hybridized carbons (Fsp3) is 0.455. The second-order valence-corrected chi connectivity index (χ2v) is 6.98. The van der Waals surface area contributed by atoms with Gasteiger partial charge in [-0.25, -0.2) is 13.4 Å². The molecule has 0 aliphatic carbocycles. The molecular weight excluding hydrogens is 290 g/mol. The van der Waals surface area contributed by atoms with Gasteiger partial charge >= 0.3 is 0 Å². The van der Waals surface area contributed by atoms with Crippen LogP contribution in [-0.2, 0) is 14.6 Å². The van der Waals surface area contributed by atoms with Crippen molar-refractivity contribution in [2.24, 2.45) is 0 Å². The summed E-state index contributed by atoms with van der Waals surface area (Å²) < 4.78 is 22.5. The average Bonchev–Trinajstić information content (AvgIpc) is 2.35. The van der Waals surface area contributed by atoms with Crippen molar-refractivity contribution in [1.82, 2.24) is 9.88 Å². The van der Waals surface area contributed by atoms with Crippen molar-refractivity contribution in [2.45, 2.75) is 0 Å². The number of hydrogen-bond donors (Lipinski definition) is 1. The number of aromatic nitrogens is 1. The van der Waals surface area contributed by atoms with E-state index < -0.39 is 9.84 Å². The largest absolute Gasteiger partial charge is 0.322 e. The summed E-state index contributed by atoms with van der Waals surface area (Å²) in [6.07, 6.45) is 1.54. The molecule has 1 aromatic heterocycles. The molecule has 0 bridgehead atoms. The molecule has 0 radical (unpaired) electrons. The molecule has 19 heavy (non-hydrogen) atoms. The molecule has 104 valence electrons. The first-order valence-corrected chi connectivity index (χ1v) is 7.99. The van der Waals surface area contributed by atoms with Crippen LogP contribution in [-0.4, -0.2) is 55.3 Å². The summed E-state index contributed by atoms with van der Waals surface area (Å²) in [5, 5.41) is 2.89. The van der Waals surface area contributed by atoms with Crippen LogP contribution in [0.5, 0.6) is 0 Å². The summed E-state index contributed by atoms with van der Waals surface area (Å²) in [7, 11) is -2.92. The van der Waals surface area contributed by atoms with Crippen LogP contribution in [0.2, 0.25) is 5.15 Å². The molecule has 0 aromatic carbocycles. The maximum absolute atomic E-state index is 11.8. The lowest BCUT2D eigenvalue weighted by Crippen LogP contribution is -2.43. The van der Waals surface area contributed by atoms with E-state index in [0.717, 1.165) is 0 Å². The van der Waals surface area contributed by atoms with Gasteiger partial charge in [0.1, 0.15) is 0 Å². The van der Waals surface area contributed by atoms with Crippen molar-refractivity contribution in [3.05, 3.63) is 23.5 Å². The van der Waals surface area contributed by atoms with Crippen LogP contribution in [0.15, 0.2) is 18.3 Å². The number of carbonyl (C=O) groups excluding carboxylic acids is 1. The quantitative estimate of drug-likeness (QED) is 0.818. The SMILES string of the molecule is O=C(CN1CCS(=O)(=O)CC1)Nc1cccnc1Cl. The van der Waals surface area contributed by atoms with Crippen molar-refractivity contribution in [1.29, 1.82) is 0 Å². The Morgan fingerprint density at radius 3 is 2.74 bits per heavy atom. The third-order valence-corrected chi connectivity index (χ3v) is 4.75. The molecular formula is C11H14ClN3O3S. The molecule has 0 unspecified atom stereocenters. The predicted molar refractivity (Wildman–Crippen MR) is 73.0 cm³/mol. The summed E-state index contributed by atoms with van der Waals surface area (Å²) in [5.74, 6) is -0.0174. The smallest absolute Gasteiger partial charge is 0.238 e. The first-order valence-electron chi connectivity index (χ1n) is 5.79. The van der Waals surface area contributed by atoms with Crippen molar-refractivity contribution in [2.75, 3.05) is 36.5 Å². The van der Waals surface area contributed by atoms with Crippen LogP contribution in [0.25, 0.3) is 0 Å². The molecule has 2 rings (SSSR count). The van der Waals surface area contributed by atoms with Gasteiger partial charge in [-0.3, -0.25) is 9.69 Å². The summed E-state index contributed by atoms with van der Waals surface area (Å²) in [6.45, 7) is 0.924. The zero-order valence-corrected chi connectivity index (χ0v) is 11.7. The lowest BCUT2D eigenvalue weighted by molar-refractivity contribution is -0.117. The van der Waals surface area contributed by atoms with E-state index in [0.29, 0.717) is 18.8 Å². The number of anilines is 1. The van der Waals surface area contributed by atoms with Crippen LogP contribution >= 0.6 is 11.6 Å². The second kappa shape index (κ2) is 5.85. The molecule has 1 saturated heterocycles. The van der Waals surface area contributed by atoms with Gasteiger partial charge in [0.05, 0.1) is 23.7 Å². The summed E-state index contributed by atoms with van der Waals surface area (Å²) in [6, 6.07) is 3.34. The van der Waals surface area contributed by atoms with Crippen LogP contribution in [0.3, 0.4) is 0 Å². The number of pyridine rings is 1. The summed E-state index contributed by atoms with van der Waals surface area (Å²) >= 11 is 5.83. The molecule has 8 heteroatoms. The zero-order chi connectivity index (χ0) is 13.9. The molecule has 6 nitrogen and oxygen atoms in total. The van der Waals surface area contributed by atoms with E-state index >= 15 is 0 Å². The molecule has 0 saturated carbocycles. The molecule has 1 amide bonds. The fourth-order valence-electron chi connectivity index (χ4n) is 1.78. The standard InChI is InChI=1S/C11H14ClN3O3S/c12-11-9(2-1-3-13-11)14-10(16)8-15-4-6-19(17,18)7-5-15/h1-3H,4-8H2,(H,14,16). The van der Waals surface area contributed by atoms with Crippen molar-refractivity contribution in [3.63, 3.8) is 0 Å². The highest BCUT2D eigenvalue weighted by molar-refractivity contribution is 7.91. The van der Waals surface area contributed by atoms with Gasteiger partial charge in [0, 0.05) is 19.3 Å². The minimum atomic E-state index is -2.92. The average molecular weight is 304 g/mol. The Balaban J connectivity index is 1.87. The topological polar surface area (TPSA) is 79.4 Å². The number of carbonyl (C=O) groups is 1. The Kier molecular flexibility index (Phi) is 4.38. The van der Waals surface area contributed by atoms with Crippen LogP contribution in [0.1, 0.15) is 0 Å². The van der Waals surface area contributed by atoms with Gasteiger partial charge in [0.2, 0.25) is 5.91 Å². The molecule has 1 aromatic rings. The van der Waals surface area contributed by atoms with Crippen LogP contribution in [0, 0.1) is 0 Å². The van der Waals surface area contributed by atoms with Crippen molar-refractivity contribution in [3.8, 4) is 0 Å². The van der Waals surface area contributed by atoms with Gasteiger partial charge in [-0.05, 0) is 12.1 Å². The first kappa shape index (κ1) is 14.2. The number of nitrogens with one attached hydrogen (secondary N) is 1. The summed E-state index contributed by atoms with van der Waals surface area (Å²) in [5.41, 5.74) is 0.457. The third kappa shape index (κ3) is 4.15. The van der Waals surface area contributed by atoms with Gasteiger partial charge in [-0.15, -0.1) is 0 Å². The van der Waals surface area contributed by atoms with Gasteiger partial charge < -0.3 is 5.32 Å². The maximum Gasteiger partial charge on any atom is 0.238 e. The molecule has 1 aliphatic rings. The van der Waals surface area contributed by atoms with Crippen molar-refractivity contribution >= 4 is 33.0 Å². The minimum Gasteiger partial charge on any atom is -0.322 e. The van der Waals surface area contributed by atoms with Gasteiger partial charge in [0.15, 0.2) is 15.0 Å². The van der Waals surface area contributed by atoms with E-state index in [9.17, 15) is 13.2 Å². The van der Waals surface area contributed by atoms with Gasteiger partial charge in [-0.1, -0.05) is 11.6 Å². The van der Waals surface area contributed by atoms with Crippen molar-refractivity contribution < 1.29 is 13.2 Å². The second-order valence-electron chi connectivity index (χ2n) is 4.32. The highest BCUT2D eigenvalue weighted by atomic mass is 35.5. The number of amides is 1. The Labute approximate surface area is 116 Å². The number of nitrogens with zero attached hydrogens (tertiary/aromatic N) is 2. The highest BCUT2D eigenvalue weighted by Gasteiger charge is 2.23. The number of hydrogen-bond acceptors (Lipinski definition) is 5.